The van der Waals surface area contributed by atoms with Crippen molar-refractivity contribution >= 4 is 21.7 Å². The zero-order chi connectivity index (χ0) is 10.9. The molecule has 0 saturated carbocycles. The van der Waals surface area contributed by atoms with Gasteiger partial charge in [-0.3, -0.25) is 4.79 Å². The minimum Gasteiger partial charge on any atom is -0.294 e. The van der Waals surface area contributed by atoms with Gasteiger partial charge >= 0.3 is 0 Å². The van der Waals surface area contributed by atoms with E-state index in [-0.39, 0.29) is 5.78 Å². The zero-order valence-electron chi connectivity index (χ0n) is 8.40. The first-order chi connectivity index (χ1) is 7.34. The highest BCUT2D eigenvalue weighted by molar-refractivity contribution is 9.11. The number of carbonyl (C=O) groups is 1. The van der Waals surface area contributed by atoms with Crippen molar-refractivity contribution in [1.82, 2.24) is 0 Å². The van der Waals surface area contributed by atoms with E-state index >= 15 is 0 Å². The Hall–Kier alpha value is -1.15. The van der Waals surface area contributed by atoms with Crippen molar-refractivity contribution in [2.24, 2.45) is 0 Å². The third-order valence-corrected chi connectivity index (χ3v) is 2.26. The summed E-state index contributed by atoms with van der Waals surface area (Å²) in [4.78, 5) is 13.4. The van der Waals surface area contributed by atoms with Crippen LogP contribution < -0.4 is 0 Å². The van der Waals surface area contributed by atoms with E-state index in [9.17, 15) is 4.79 Å². The van der Waals surface area contributed by atoms with Crippen LogP contribution in [0.3, 0.4) is 0 Å². The summed E-state index contributed by atoms with van der Waals surface area (Å²) in [5.41, 5.74) is 0.793. The molecule has 0 aliphatic carbocycles. The number of ketones is 1. The Morgan fingerprint density at radius 3 is 2.60 bits per heavy atom. The standard InChI is InChI=1S/C13H13BrO/c14-11-7-2-1-6-10-13(15)12-8-4-3-5-9-12/h1-5,7-9,11H,6,10H2/b2-1+,11-7+. The van der Waals surface area contributed by atoms with E-state index in [1.807, 2.05) is 48.6 Å². The molecule has 78 valence electrons. The second-order valence-electron chi connectivity index (χ2n) is 3.07. The number of Topliss-reactive ketones (excluding diaryl/α,β-unsaturated/α-hetero) is 1. The molecular weight excluding hydrogens is 252 g/mol. The van der Waals surface area contributed by atoms with E-state index in [0.29, 0.717) is 6.42 Å². The normalized spacial score (nSPS) is 11.3. The van der Waals surface area contributed by atoms with E-state index in [2.05, 4.69) is 15.9 Å². The molecule has 0 aliphatic rings. The van der Waals surface area contributed by atoms with Crippen molar-refractivity contribution in [2.45, 2.75) is 12.8 Å². The summed E-state index contributed by atoms with van der Waals surface area (Å²) < 4.78 is 0. The van der Waals surface area contributed by atoms with E-state index in [1.54, 1.807) is 4.99 Å². The lowest BCUT2D eigenvalue weighted by molar-refractivity contribution is 0.0983. The van der Waals surface area contributed by atoms with Gasteiger partial charge in [0.2, 0.25) is 0 Å². The Balaban J connectivity index is 2.37. The zero-order valence-corrected chi connectivity index (χ0v) is 9.98. The maximum absolute atomic E-state index is 11.6. The number of rotatable bonds is 5. The molecule has 0 saturated heterocycles. The minimum absolute atomic E-state index is 0.197. The first kappa shape index (κ1) is 11.9. The van der Waals surface area contributed by atoms with Crippen LogP contribution in [0.1, 0.15) is 23.2 Å². The summed E-state index contributed by atoms with van der Waals surface area (Å²) in [6.45, 7) is 0. The molecule has 0 spiro atoms. The SMILES string of the molecule is O=C(CC/C=C/C=C/Br)c1ccccc1. The van der Waals surface area contributed by atoms with Gasteiger partial charge in [0.15, 0.2) is 5.78 Å². The number of allylic oxidation sites excluding steroid dienone is 3. The highest BCUT2D eigenvalue weighted by Crippen LogP contribution is 2.05. The lowest BCUT2D eigenvalue weighted by Crippen LogP contribution is -1.96. The molecule has 1 nitrogen and oxygen atoms in total. The highest BCUT2D eigenvalue weighted by Gasteiger charge is 2.01. The van der Waals surface area contributed by atoms with Gasteiger partial charge in [-0.25, -0.2) is 0 Å². The molecular formula is C13H13BrO. The van der Waals surface area contributed by atoms with Crippen molar-refractivity contribution in [2.75, 3.05) is 0 Å². The van der Waals surface area contributed by atoms with Gasteiger partial charge in [0.05, 0.1) is 0 Å². The fourth-order valence-electron chi connectivity index (χ4n) is 1.20. The Kier molecular flexibility index (Phi) is 5.71. The Bertz CT molecular complexity index is 352. The summed E-state index contributed by atoms with van der Waals surface area (Å²) in [6, 6.07) is 9.39. The molecule has 15 heavy (non-hydrogen) atoms. The molecule has 0 radical (unpaired) electrons. The first-order valence-electron chi connectivity index (χ1n) is 4.84. The molecule has 0 N–H and O–H groups in total. The van der Waals surface area contributed by atoms with Gasteiger partial charge in [-0.2, -0.15) is 0 Å². The van der Waals surface area contributed by atoms with Crippen LogP contribution in [0.4, 0.5) is 0 Å². The summed E-state index contributed by atoms with van der Waals surface area (Å²) in [7, 11) is 0. The predicted octanol–water partition coefficient (Wildman–Crippen LogP) is 4.11. The monoisotopic (exact) mass is 264 g/mol. The third kappa shape index (κ3) is 4.75. The van der Waals surface area contributed by atoms with Crippen LogP contribution in [-0.2, 0) is 0 Å². The van der Waals surface area contributed by atoms with Gasteiger partial charge in [-0.05, 0) is 11.4 Å². The Labute approximate surface area is 98.6 Å². The predicted molar refractivity (Wildman–Crippen MR) is 67.2 cm³/mol. The van der Waals surface area contributed by atoms with Crippen molar-refractivity contribution in [1.29, 1.82) is 0 Å². The molecule has 1 aromatic carbocycles. The highest BCUT2D eigenvalue weighted by atomic mass is 79.9. The Morgan fingerprint density at radius 1 is 1.20 bits per heavy atom. The van der Waals surface area contributed by atoms with E-state index in [4.69, 9.17) is 0 Å². The average Bonchev–Trinajstić information content (AvgIpc) is 2.30. The van der Waals surface area contributed by atoms with Gasteiger partial charge < -0.3 is 0 Å². The maximum Gasteiger partial charge on any atom is 0.163 e. The number of halogens is 1. The molecule has 1 aromatic rings. The summed E-state index contributed by atoms with van der Waals surface area (Å²) in [5, 5.41) is 0. The van der Waals surface area contributed by atoms with Gasteiger partial charge in [-0.15, -0.1) is 0 Å². The topological polar surface area (TPSA) is 17.1 Å². The second kappa shape index (κ2) is 7.18. The quantitative estimate of drug-likeness (QED) is 0.578. The van der Waals surface area contributed by atoms with Crippen LogP contribution in [0, 0.1) is 0 Å². The van der Waals surface area contributed by atoms with Crippen LogP contribution in [0.25, 0.3) is 0 Å². The van der Waals surface area contributed by atoms with Crippen LogP contribution in [0.5, 0.6) is 0 Å². The fraction of sp³-hybridized carbons (Fsp3) is 0.154. The third-order valence-electron chi connectivity index (χ3n) is 1.95. The Morgan fingerprint density at radius 2 is 1.93 bits per heavy atom. The van der Waals surface area contributed by atoms with Crippen LogP contribution in [-0.4, -0.2) is 5.78 Å². The molecule has 0 atom stereocenters. The number of carbonyl (C=O) groups excluding carboxylic acids is 1. The molecule has 0 amide bonds. The molecule has 0 aromatic heterocycles. The lowest BCUT2D eigenvalue weighted by atomic mass is 10.1. The molecule has 0 aliphatic heterocycles. The van der Waals surface area contributed by atoms with E-state index in [0.717, 1.165) is 12.0 Å². The molecule has 0 fully saturated rings. The summed E-state index contributed by atoms with van der Waals surface area (Å²) >= 11 is 3.17. The van der Waals surface area contributed by atoms with Crippen molar-refractivity contribution in [3.05, 3.63) is 59.1 Å². The van der Waals surface area contributed by atoms with Gasteiger partial charge in [0, 0.05) is 12.0 Å². The van der Waals surface area contributed by atoms with Crippen molar-refractivity contribution in [3.8, 4) is 0 Å². The largest absolute Gasteiger partial charge is 0.294 e. The summed E-state index contributed by atoms with van der Waals surface area (Å²) in [6.07, 6.45) is 7.14. The lowest BCUT2D eigenvalue weighted by Gasteiger charge is -1.97. The van der Waals surface area contributed by atoms with Gasteiger partial charge in [-0.1, -0.05) is 64.5 Å². The van der Waals surface area contributed by atoms with E-state index < -0.39 is 0 Å². The molecule has 0 unspecified atom stereocenters. The van der Waals surface area contributed by atoms with Crippen molar-refractivity contribution < 1.29 is 4.79 Å². The number of hydrogen-bond acceptors (Lipinski definition) is 1. The summed E-state index contributed by atoms with van der Waals surface area (Å²) in [5.74, 6) is 0.197. The number of benzene rings is 1. The maximum atomic E-state index is 11.6. The first-order valence-corrected chi connectivity index (χ1v) is 5.76. The smallest absolute Gasteiger partial charge is 0.163 e. The van der Waals surface area contributed by atoms with Crippen LogP contribution >= 0.6 is 15.9 Å². The molecule has 1 rings (SSSR count). The minimum atomic E-state index is 0.197. The average molecular weight is 265 g/mol. The molecule has 0 heterocycles. The molecule has 2 heteroatoms. The van der Waals surface area contributed by atoms with Crippen LogP contribution in [0.15, 0.2) is 53.5 Å². The second-order valence-corrected chi connectivity index (χ2v) is 3.60. The number of hydrogen-bond donors (Lipinski definition) is 0. The van der Waals surface area contributed by atoms with Crippen LogP contribution in [0.2, 0.25) is 0 Å². The van der Waals surface area contributed by atoms with E-state index in [1.165, 1.54) is 0 Å². The van der Waals surface area contributed by atoms with Gasteiger partial charge in [0.1, 0.15) is 0 Å². The van der Waals surface area contributed by atoms with Crippen molar-refractivity contribution in [3.63, 3.8) is 0 Å². The molecule has 0 bridgehead atoms. The van der Waals surface area contributed by atoms with Gasteiger partial charge in [0.25, 0.3) is 0 Å². The fourth-order valence-corrected chi connectivity index (χ4v) is 1.38.